The van der Waals surface area contributed by atoms with Gasteiger partial charge in [-0.1, -0.05) is 6.07 Å². The molecule has 2 aliphatic heterocycles. The molecular weight excluding hydrogens is 375 g/mol. The maximum atomic E-state index is 13.6. The van der Waals surface area contributed by atoms with E-state index in [1.54, 1.807) is 12.1 Å². The second kappa shape index (κ2) is 10.3. The van der Waals surface area contributed by atoms with Crippen molar-refractivity contribution in [1.29, 1.82) is 0 Å². The van der Waals surface area contributed by atoms with Crippen LogP contribution in [0, 0.1) is 5.82 Å². The SMILES string of the molecule is CCNC(=NCC1(SC)CCOCC1)NC1CCCN(c2cccc(F)c2)C1. The number of nitrogens with one attached hydrogen (secondary N) is 2. The molecule has 0 aliphatic carbocycles. The van der Waals surface area contributed by atoms with E-state index in [1.165, 1.54) is 6.07 Å². The summed E-state index contributed by atoms with van der Waals surface area (Å²) in [4.78, 5) is 7.19. The number of piperidine rings is 1. The number of hydrogen-bond acceptors (Lipinski definition) is 4. The first-order valence-corrected chi connectivity index (χ1v) is 11.5. The summed E-state index contributed by atoms with van der Waals surface area (Å²) in [5.41, 5.74) is 0.956. The van der Waals surface area contributed by atoms with E-state index in [1.807, 2.05) is 17.8 Å². The molecule has 3 rings (SSSR count). The number of ether oxygens (including phenoxy) is 1. The van der Waals surface area contributed by atoms with Crippen molar-refractivity contribution >= 4 is 23.4 Å². The number of halogens is 1. The fraction of sp³-hybridized carbons (Fsp3) is 0.667. The maximum absolute atomic E-state index is 13.6. The first-order chi connectivity index (χ1) is 13.6. The van der Waals surface area contributed by atoms with Crippen molar-refractivity contribution in [3.05, 3.63) is 30.1 Å². The Morgan fingerprint density at radius 2 is 2.21 bits per heavy atom. The van der Waals surface area contributed by atoms with Gasteiger partial charge in [0.1, 0.15) is 5.82 Å². The molecule has 0 radical (unpaired) electrons. The third-order valence-corrected chi connectivity index (χ3v) is 7.05. The topological polar surface area (TPSA) is 48.9 Å². The molecule has 2 fully saturated rings. The minimum absolute atomic E-state index is 0.179. The van der Waals surface area contributed by atoms with Gasteiger partial charge in [0.15, 0.2) is 5.96 Å². The first-order valence-electron chi connectivity index (χ1n) is 10.3. The van der Waals surface area contributed by atoms with Crippen molar-refractivity contribution in [3.8, 4) is 0 Å². The Labute approximate surface area is 172 Å². The number of aliphatic imine (C=N–C) groups is 1. The predicted molar refractivity (Wildman–Crippen MR) is 117 cm³/mol. The molecule has 0 bridgehead atoms. The van der Waals surface area contributed by atoms with Gasteiger partial charge in [-0.3, -0.25) is 4.99 Å². The van der Waals surface area contributed by atoms with Gasteiger partial charge >= 0.3 is 0 Å². The van der Waals surface area contributed by atoms with Crippen LogP contribution >= 0.6 is 11.8 Å². The average molecular weight is 409 g/mol. The van der Waals surface area contributed by atoms with Crippen molar-refractivity contribution in [2.75, 3.05) is 50.5 Å². The molecule has 2 N–H and O–H groups in total. The smallest absolute Gasteiger partial charge is 0.191 e. The third kappa shape index (κ3) is 5.77. The molecular formula is C21H33FN4OS. The fourth-order valence-corrected chi connectivity index (χ4v) is 4.68. The summed E-state index contributed by atoms with van der Waals surface area (Å²) in [6, 6.07) is 7.18. The van der Waals surface area contributed by atoms with Gasteiger partial charge in [0.05, 0.1) is 6.54 Å². The number of nitrogens with zero attached hydrogens (tertiary/aromatic N) is 2. The van der Waals surface area contributed by atoms with Crippen LogP contribution in [0.2, 0.25) is 0 Å². The van der Waals surface area contributed by atoms with E-state index in [9.17, 15) is 4.39 Å². The standard InChI is InChI=1S/C21H33FN4OS/c1-3-23-20(24-16-21(28-2)9-12-27-13-10-21)25-18-7-5-11-26(15-18)19-8-4-6-17(22)14-19/h4,6,8,14,18H,3,5,7,9-13,15-16H2,1-2H3,(H2,23,24,25). The summed E-state index contributed by atoms with van der Waals surface area (Å²) in [6.45, 7) is 7.20. The summed E-state index contributed by atoms with van der Waals surface area (Å²) < 4.78 is 19.3. The van der Waals surface area contributed by atoms with Crippen molar-refractivity contribution in [1.82, 2.24) is 10.6 Å². The molecule has 5 nitrogen and oxygen atoms in total. The Morgan fingerprint density at radius 3 is 2.93 bits per heavy atom. The van der Waals surface area contributed by atoms with E-state index < -0.39 is 0 Å². The van der Waals surface area contributed by atoms with Crippen molar-refractivity contribution in [3.63, 3.8) is 0 Å². The molecule has 1 atom stereocenters. The highest BCUT2D eigenvalue weighted by Crippen LogP contribution is 2.34. The fourth-order valence-electron chi connectivity index (χ4n) is 3.91. The van der Waals surface area contributed by atoms with E-state index in [2.05, 4.69) is 28.7 Å². The van der Waals surface area contributed by atoms with Gasteiger partial charge in [-0.25, -0.2) is 4.39 Å². The molecule has 28 heavy (non-hydrogen) atoms. The lowest BCUT2D eigenvalue weighted by molar-refractivity contribution is 0.0794. The van der Waals surface area contributed by atoms with Crippen molar-refractivity contribution in [2.45, 2.75) is 43.4 Å². The van der Waals surface area contributed by atoms with E-state index in [0.717, 1.165) is 76.7 Å². The van der Waals surface area contributed by atoms with Crippen LogP contribution in [0.4, 0.5) is 10.1 Å². The molecule has 7 heteroatoms. The number of guanidine groups is 1. The van der Waals surface area contributed by atoms with Crippen LogP contribution in [-0.2, 0) is 4.74 Å². The van der Waals surface area contributed by atoms with Crippen LogP contribution in [0.5, 0.6) is 0 Å². The van der Waals surface area contributed by atoms with Crippen LogP contribution in [0.15, 0.2) is 29.3 Å². The lowest BCUT2D eigenvalue weighted by Gasteiger charge is -2.36. The van der Waals surface area contributed by atoms with Gasteiger partial charge < -0.3 is 20.3 Å². The third-order valence-electron chi connectivity index (χ3n) is 5.64. The molecule has 0 spiro atoms. The van der Waals surface area contributed by atoms with Crippen LogP contribution in [-0.4, -0.2) is 62.4 Å². The number of hydrogen-bond donors (Lipinski definition) is 2. The molecule has 0 aromatic heterocycles. The van der Waals surface area contributed by atoms with E-state index in [4.69, 9.17) is 9.73 Å². The molecule has 0 saturated carbocycles. The Bertz CT molecular complexity index is 651. The summed E-state index contributed by atoms with van der Waals surface area (Å²) in [6.07, 6.45) is 6.46. The lowest BCUT2D eigenvalue weighted by atomic mass is 9.99. The molecule has 1 aromatic carbocycles. The Hall–Kier alpha value is -1.47. The molecule has 2 saturated heterocycles. The second-order valence-corrected chi connectivity index (χ2v) is 8.88. The van der Waals surface area contributed by atoms with Gasteiger partial charge in [-0.15, -0.1) is 0 Å². The van der Waals surface area contributed by atoms with Crippen LogP contribution in [0.1, 0.15) is 32.6 Å². The molecule has 0 amide bonds. The Morgan fingerprint density at radius 1 is 1.39 bits per heavy atom. The summed E-state index contributed by atoms with van der Waals surface area (Å²) in [5.74, 6) is 0.704. The molecule has 156 valence electrons. The molecule has 1 aromatic rings. The predicted octanol–water partition coefficient (Wildman–Crippen LogP) is 3.26. The number of rotatable bonds is 6. The largest absolute Gasteiger partial charge is 0.381 e. The van der Waals surface area contributed by atoms with Crippen molar-refractivity contribution < 1.29 is 9.13 Å². The van der Waals surface area contributed by atoms with Gasteiger partial charge in [0, 0.05) is 49.3 Å². The van der Waals surface area contributed by atoms with E-state index in [0.29, 0.717) is 6.04 Å². The minimum Gasteiger partial charge on any atom is -0.381 e. The van der Waals surface area contributed by atoms with E-state index in [-0.39, 0.29) is 10.6 Å². The lowest BCUT2D eigenvalue weighted by Crippen LogP contribution is -2.51. The first kappa shape index (κ1) is 21.2. The molecule has 2 aliphatic rings. The second-order valence-electron chi connectivity index (χ2n) is 7.60. The van der Waals surface area contributed by atoms with Gasteiger partial charge in [-0.2, -0.15) is 11.8 Å². The van der Waals surface area contributed by atoms with Crippen LogP contribution in [0.3, 0.4) is 0 Å². The Balaban J connectivity index is 1.62. The maximum Gasteiger partial charge on any atom is 0.191 e. The zero-order valence-corrected chi connectivity index (χ0v) is 17.9. The summed E-state index contributed by atoms with van der Waals surface area (Å²) in [7, 11) is 0. The normalized spacial score (nSPS) is 22.8. The zero-order valence-electron chi connectivity index (χ0n) is 17.0. The van der Waals surface area contributed by atoms with Gasteiger partial charge in [0.2, 0.25) is 0 Å². The molecule has 2 heterocycles. The highest BCUT2D eigenvalue weighted by molar-refractivity contribution is 8.00. The van der Waals surface area contributed by atoms with Crippen molar-refractivity contribution in [2.24, 2.45) is 4.99 Å². The monoisotopic (exact) mass is 408 g/mol. The van der Waals surface area contributed by atoms with Crippen LogP contribution in [0.25, 0.3) is 0 Å². The highest BCUT2D eigenvalue weighted by Gasteiger charge is 2.32. The average Bonchev–Trinajstić information content (AvgIpc) is 2.73. The van der Waals surface area contributed by atoms with Crippen LogP contribution < -0.4 is 15.5 Å². The summed E-state index contributed by atoms with van der Waals surface area (Å²) >= 11 is 1.91. The highest BCUT2D eigenvalue weighted by atomic mass is 32.2. The number of thioether (sulfide) groups is 1. The number of anilines is 1. The van der Waals surface area contributed by atoms with Gasteiger partial charge in [-0.05, 0) is 57.1 Å². The number of benzene rings is 1. The Kier molecular flexibility index (Phi) is 7.85. The zero-order chi connectivity index (χ0) is 19.8. The quantitative estimate of drug-likeness (QED) is 0.559. The van der Waals surface area contributed by atoms with Gasteiger partial charge in [0.25, 0.3) is 0 Å². The van der Waals surface area contributed by atoms with E-state index >= 15 is 0 Å². The minimum atomic E-state index is -0.179. The summed E-state index contributed by atoms with van der Waals surface area (Å²) in [5, 5.41) is 7.01. The molecule has 1 unspecified atom stereocenters.